The molecule has 0 heterocycles. The minimum atomic E-state index is -0.0834. The SMILES string of the molecule is CCN(CC)CCCOC(=O)[C@H](c1ccccc1)C1CCCCC1. The highest BCUT2D eigenvalue weighted by Gasteiger charge is 2.32. The average molecular weight is 332 g/mol. The Labute approximate surface area is 147 Å². The van der Waals surface area contributed by atoms with Crippen molar-refractivity contribution in [2.24, 2.45) is 5.92 Å². The molecule has 0 amide bonds. The average Bonchev–Trinajstić information content (AvgIpc) is 2.64. The van der Waals surface area contributed by atoms with Gasteiger partial charge in [0.1, 0.15) is 0 Å². The van der Waals surface area contributed by atoms with Gasteiger partial charge in [-0.3, -0.25) is 4.79 Å². The van der Waals surface area contributed by atoms with Crippen molar-refractivity contribution >= 4 is 5.97 Å². The maximum absolute atomic E-state index is 12.8. The first-order valence-electron chi connectivity index (χ1n) is 9.70. The standard InChI is InChI=1S/C21H33NO2/c1-3-22(4-2)16-11-17-24-21(23)20(18-12-7-5-8-13-18)19-14-9-6-10-15-19/h5,7-8,12-13,19-20H,3-4,6,9-11,14-17H2,1-2H3/t20-/m1/s1. The Balaban J connectivity index is 1.92. The van der Waals surface area contributed by atoms with Crippen LogP contribution in [0.5, 0.6) is 0 Å². The Morgan fingerprint density at radius 3 is 2.42 bits per heavy atom. The molecule has 24 heavy (non-hydrogen) atoms. The normalized spacial score (nSPS) is 17.0. The van der Waals surface area contributed by atoms with Gasteiger partial charge in [0.15, 0.2) is 0 Å². The minimum Gasteiger partial charge on any atom is -0.465 e. The van der Waals surface area contributed by atoms with Gasteiger partial charge in [0.25, 0.3) is 0 Å². The van der Waals surface area contributed by atoms with Gasteiger partial charge >= 0.3 is 5.97 Å². The number of ether oxygens (including phenoxy) is 1. The third-order valence-corrected chi connectivity index (χ3v) is 5.29. The quantitative estimate of drug-likeness (QED) is 0.488. The summed E-state index contributed by atoms with van der Waals surface area (Å²) in [6.07, 6.45) is 6.99. The molecule has 3 heteroatoms. The topological polar surface area (TPSA) is 29.5 Å². The van der Waals surface area contributed by atoms with Gasteiger partial charge in [-0.25, -0.2) is 0 Å². The lowest BCUT2D eigenvalue weighted by atomic mass is 9.77. The van der Waals surface area contributed by atoms with Crippen molar-refractivity contribution in [3.8, 4) is 0 Å². The molecule has 0 radical (unpaired) electrons. The van der Waals surface area contributed by atoms with Crippen LogP contribution < -0.4 is 0 Å². The van der Waals surface area contributed by atoms with Crippen LogP contribution in [0.2, 0.25) is 0 Å². The lowest BCUT2D eigenvalue weighted by Crippen LogP contribution is -2.28. The van der Waals surface area contributed by atoms with Gasteiger partial charge in [0.05, 0.1) is 12.5 Å². The monoisotopic (exact) mass is 331 g/mol. The molecule has 1 aliphatic rings. The van der Waals surface area contributed by atoms with Gasteiger partial charge in [0.2, 0.25) is 0 Å². The van der Waals surface area contributed by atoms with E-state index in [1.54, 1.807) is 0 Å². The Hall–Kier alpha value is -1.35. The number of nitrogens with zero attached hydrogens (tertiary/aromatic N) is 1. The summed E-state index contributed by atoms with van der Waals surface area (Å²) < 4.78 is 5.69. The van der Waals surface area contributed by atoms with Crippen LogP contribution in [0.3, 0.4) is 0 Å². The third kappa shape index (κ3) is 5.62. The second-order valence-electron chi connectivity index (χ2n) is 6.83. The number of benzene rings is 1. The molecule has 134 valence electrons. The van der Waals surface area contributed by atoms with Gasteiger partial charge in [-0.2, -0.15) is 0 Å². The molecule has 0 aliphatic heterocycles. The summed E-state index contributed by atoms with van der Waals surface area (Å²) >= 11 is 0. The summed E-state index contributed by atoms with van der Waals surface area (Å²) in [6, 6.07) is 10.2. The van der Waals surface area contributed by atoms with Crippen LogP contribution in [-0.4, -0.2) is 37.1 Å². The fourth-order valence-corrected chi connectivity index (χ4v) is 3.82. The molecule has 3 nitrogen and oxygen atoms in total. The highest BCUT2D eigenvalue weighted by molar-refractivity contribution is 5.78. The summed E-state index contributed by atoms with van der Waals surface area (Å²) in [5.41, 5.74) is 1.12. The fourth-order valence-electron chi connectivity index (χ4n) is 3.82. The van der Waals surface area contributed by atoms with Crippen molar-refractivity contribution in [3.63, 3.8) is 0 Å². The highest BCUT2D eigenvalue weighted by Crippen LogP contribution is 2.36. The van der Waals surface area contributed by atoms with Crippen LogP contribution in [0, 0.1) is 5.92 Å². The van der Waals surface area contributed by atoms with Crippen LogP contribution in [0.4, 0.5) is 0 Å². The number of carbonyl (C=O) groups excluding carboxylic acids is 1. The lowest BCUT2D eigenvalue weighted by Gasteiger charge is -2.29. The van der Waals surface area contributed by atoms with E-state index < -0.39 is 0 Å². The molecule has 1 saturated carbocycles. The van der Waals surface area contributed by atoms with Gasteiger partial charge in [-0.1, -0.05) is 63.4 Å². The summed E-state index contributed by atoms with van der Waals surface area (Å²) in [5.74, 6) is 0.337. The Bertz CT molecular complexity index is 464. The van der Waals surface area contributed by atoms with Crippen molar-refractivity contribution in [1.82, 2.24) is 4.90 Å². The third-order valence-electron chi connectivity index (χ3n) is 5.29. The summed E-state index contributed by atoms with van der Waals surface area (Å²) in [5, 5.41) is 0. The molecule has 0 aromatic heterocycles. The van der Waals surface area contributed by atoms with E-state index in [0.29, 0.717) is 12.5 Å². The van der Waals surface area contributed by atoms with Crippen LogP contribution in [0.15, 0.2) is 30.3 Å². The summed E-state index contributed by atoms with van der Waals surface area (Å²) in [4.78, 5) is 15.2. The zero-order valence-electron chi connectivity index (χ0n) is 15.4. The zero-order valence-corrected chi connectivity index (χ0v) is 15.4. The van der Waals surface area contributed by atoms with E-state index in [9.17, 15) is 4.79 Å². The predicted octanol–water partition coefficient (Wildman–Crippen LogP) is 4.63. The second-order valence-corrected chi connectivity index (χ2v) is 6.83. The van der Waals surface area contributed by atoms with Crippen molar-refractivity contribution in [3.05, 3.63) is 35.9 Å². The van der Waals surface area contributed by atoms with Gasteiger partial charge in [-0.15, -0.1) is 0 Å². The van der Waals surface area contributed by atoms with Crippen LogP contribution in [-0.2, 0) is 9.53 Å². The zero-order chi connectivity index (χ0) is 17.2. The number of carbonyl (C=O) groups is 1. The lowest BCUT2D eigenvalue weighted by molar-refractivity contribution is -0.147. The first-order valence-corrected chi connectivity index (χ1v) is 9.70. The Morgan fingerprint density at radius 2 is 1.79 bits per heavy atom. The summed E-state index contributed by atoms with van der Waals surface area (Å²) in [7, 11) is 0. The molecule has 1 atom stereocenters. The van der Waals surface area contributed by atoms with Gasteiger partial charge < -0.3 is 9.64 Å². The van der Waals surface area contributed by atoms with Crippen molar-refractivity contribution in [1.29, 1.82) is 0 Å². The first-order chi connectivity index (χ1) is 11.8. The highest BCUT2D eigenvalue weighted by atomic mass is 16.5. The van der Waals surface area contributed by atoms with Crippen LogP contribution >= 0.6 is 0 Å². The maximum Gasteiger partial charge on any atom is 0.313 e. The van der Waals surface area contributed by atoms with Gasteiger partial charge in [-0.05, 0) is 43.8 Å². The molecule has 0 unspecified atom stereocenters. The molecule has 1 aliphatic carbocycles. The largest absolute Gasteiger partial charge is 0.465 e. The van der Waals surface area contributed by atoms with Crippen molar-refractivity contribution in [2.45, 2.75) is 58.3 Å². The van der Waals surface area contributed by atoms with E-state index in [1.807, 2.05) is 18.2 Å². The number of esters is 1. The molecule has 1 aromatic rings. The van der Waals surface area contributed by atoms with E-state index in [4.69, 9.17) is 4.74 Å². The van der Waals surface area contributed by atoms with Crippen LogP contribution in [0.25, 0.3) is 0 Å². The molecule has 1 aromatic carbocycles. The fraction of sp³-hybridized carbons (Fsp3) is 0.667. The van der Waals surface area contributed by atoms with E-state index in [-0.39, 0.29) is 11.9 Å². The number of rotatable bonds is 9. The summed E-state index contributed by atoms with van der Waals surface area (Å²) in [6.45, 7) is 7.98. The molecular formula is C21H33NO2. The minimum absolute atomic E-state index is 0.0207. The molecular weight excluding hydrogens is 298 g/mol. The predicted molar refractivity (Wildman–Crippen MR) is 99.1 cm³/mol. The Morgan fingerprint density at radius 1 is 1.12 bits per heavy atom. The van der Waals surface area contributed by atoms with E-state index in [1.165, 1.54) is 19.3 Å². The van der Waals surface area contributed by atoms with Crippen LogP contribution in [0.1, 0.15) is 63.9 Å². The van der Waals surface area contributed by atoms with E-state index in [2.05, 4.69) is 30.9 Å². The second kappa shape index (κ2) is 10.5. The molecule has 2 rings (SSSR count). The number of hydrogen-bond donors (Lipinski definition) is 0. The van der Waals surface area contributed by atoms with Crippen molar-refractivity contribution in [2.75, 3.05) is 26.2 Å². The Kier molecular flexibility index (Phi) is 8.31. The molecule has 0 saturated heterocycles. The van der Waals surface area contributed by atoms with Gasteiger partial charge in [0, 0.05) is 6.54 Å². The van der Waals surface area contributed by atoms with E-state index >= 15 is 0 Å². The number of hydrogen-bond acceptors (Lipinski definition) is 3. The smallest absolute Gasteiger partial charge is 0.313 e. The maximum atomic E-state index is 12.8. The van der Waals surface area contributed by atoms with E-state index in [0.717, 1.165) is 44.5 Å². The molecule has 1 fully saturated rings. The molecule has 0 bridgehead atoms. The first kappa shape index (κ1) is 19.0. The molecule has 0 N–H and O–H groups in total. The molecule has 0 spiro atoms. The van der Waals surface area contributed by atoms with Crippen molar-refractivity contribution < 1.29 is 9.53 Å².